The fourth-order valence-electron chi connectivity index (χ4n) is 1.21. The van der Waals surface area contributed by atoms with Gasteiger partial charge in [-0.25, -0.2) is 9.89 Å². The number of methoxy groups -OCH3 is 1. The quantitative estimate of drug-likeness (QED) is 0.815. The van der Waals surface area contributed by atoms with Gasteiger partial charge in [0, 0.05) is 0 Å². The zero-order valence-corrected chi connectivity index (χ0v) is 8.52. The number of halogens is 1. The molecule has 1 aromatic heterocycles. The minimum atomic E-state index is -0.471. The highest BCUT2D eigenvalue weighted by Gasteiger charge is 2.13. The molecule has 0 bridgehead atoms. The molecule has 78 valence electrons. The van der Waals surface area contributed by atoms with Gasteiger partial charge in [-0.2, -0.15) is 4.68 Å². The molecule has 1 N–H and O–H groups in total. The van der Waals surface area contributed by atoms with Crippen LogP contribution in [0.1, 0.15) is 0 Å². The Bertz CT molecular complexity index is 533. The number of rotatable bonds is 2. The first-order valence-electron chi connectivity index (χ1n) is 4.07. The van der Waals surface area contributed by atoms with Crippen LogP contribution in [0.4, 0.5) is 0 Å². The van der Waals surface area contributed by atoms with Crippen LogP contribution in [0.15, 0.2) is 23.0 Å². The molecule has 0 fully saturated rings. The van der Waals surface area contributed by atoms with E-state index in [0.717, 1.165) is 4.68 Å². The summed E-state index contributed by atoms with van der Waals surface area (Å²) in [6.07, 6.45) is 0. The zero-order valence-electron chi connectivity index (χ0n) is 7.77. The highest BCUT2D eigenvalue weighted by molar-refractivity contribution is 6.32. The molecule has 6 nitrogen and oxygen atoms in total. The van der Waals surface area contributed by atoms with E-state index in [1.165, 1.54) is 7.11 Å². The Hall–Kier alpha value is -1.82. The second-order valence-electron chi connectivity index (χ2n) is 2.71. The van der Waals surface area contributed by atoms with Crippen molar-refractivity contribution in [2.24, 2.45) is 0 Å². The van der Waals surface area contributed by atoms with E-state index in [1.54, 1.807) is 18.2 Å². The predicted octanol–water partition coefficient (Wildman–Crippen LogP) is 0.618. The lowest BCUT2D eigenvalue weighted by Crippen LogP contribution is -2.17. The van der Waals surface area contributed by atoms with E-state index in [2.05, 4.69) is 15.5 Å². The number of hydrogen-bond donors (Lipinski definition) is 1. The molecule has 1 heterocycles. The average molecular weight is 227 g/mol. The third kappa shape index (κ3) is 1.59. The molecular formula is C8H7ClN4O2. The van der Waals surface area contributed by atoms with Crippen molar-refractivity contribution >= 4 is 11.6 Å². The Morgan fingerprint density at radius 1 is 1.53 bits per heavy atom. The first kappa shape index (κ1) is 9.72. The van der Waals surface area contributed by atoms with Crippen molar-refractivity contribution in [1.82, 2.24) is 20.2 Å². The van der Waals surface area contributed by atoms with E-state index >= 15 is 0 Å². The van der Waals surface area contributed by atoms with E-state index in [9.17, 15) is 4.79 Å². The van der Waals surface area contributed by atoms with E-state index in [1.807, 2.05) is 0 Å². The van der Waals surface area contributed by atoms with Crippen LogP contribution in [0.3, 0.4) is 0 Å². The Balaban J connectivity index is 2.71. The first-order chi connectivity index (χ1) is 7.24. The number of benzene rings is 1. The molecule has 2 aromatic rings. The molecule has 0 amide bonds. The molecule has 0 unspecified atom stereocenters. The van der Waals surface area contributed by atoms with Crippen LogP contribution in [0.25, 0.3) is 5.69 Å². The molecule has 1 aromatic carbocycles. The maximum absolute atomic E-state index is 11.3. The van der Waals surface area contributed by atoms with Crippen molar-refractivity contribution in [3.63, 3.8) is 0 Å². The summed E-state index contributed by atoms with van der Waals surface area (Å²) in [7, 11) is 1.49. The van der Waals surface area contributed by atoms with Gasteiger partial charge in [0.15, 0.2) is 0 Å². The molecule has 0 radical (unpaired) electrons. The minimum Gasteiger partial charge on any atom is -0.494 e. The second-order valence-corrected chi connectivity index (χ2v) is 3.12. The van der Waals surface area contributed by atoms with E-state index in [0.29, 0.717) is 16.5 Å². The Morgan fingerprint density at radius 3 is 2.93 bits per heavy atom. The molecule has 0 aliphatic heterocycles. The van der Waals surface area contributed by atoms with Crippen LogP contribution < -0.4 is 10.4 Å². The Labute approximate surface area is 89.4 Å². The summed E-state index contributed by atoms with van der Waals surface area (Å²) in [4.78, 5) is 11.3. The number of nitrogens with one attached hydrogen (secondary N) is 1. The molecule has 0 saturated heterocycles. The van der Waals surface area contributed by atoms with Gasteiger partial charge in [-0.05, 0) is 22.6 Å². The summed E-state index contributed by atoms with van der Waals surface area (Å²) >= 11 is 5.95. The third-order valence-electron chi connectivity index (χ3n) is 1.85. The maximum Gasteiger partial charge on any atom is 0.366 e. The summed E-state index contributed by atoms with van der Waals surface area (Å²) < 4.78 is 6.12. The van der Waals surface area contributed by atoms with Crippen LogP contribution in [-0.4, -0.2) is 27.3 Å². The number of tetrazole rings is 1. The van der Waals surface area contributed by atoms with Gasteiger partial charge < -0.3 is 4.74 Å². The van der Waals surface area contributed by atoms with Crippen molar-refractivity contribution in [2.45, 2.75) is 0 Å². The number of aromatic amines is 1. The van der Waals surface area contributed by atoms with Gasteiger partial charge in [0.1, 0.15) is 11.4 Å². The molecule has 0 atom stereocenters. The highest BCUT2D eigenvalue weighted by Crippen LogP contribution is 2.28. The Morgan fingerprint density at radius 2 is 2.33 bits per heavy atom. The summed E-state index contributed by atoms with van der Waals surface area (Å²) in [6.45, 7) is 0. The molecule has 0 spiro atoms. The monoisotopic (exact) mass is 226 g/mol. The lowest BCUT2D eigenvalue weighted by atomic mass is 10.3. The van der Waals surface area contributed by atoms with Crippen LogP contribution in [0, 0.1) is 0 Å². The third-order valence-corrected chi connectivity index (χ3v) is 2.16. The first-order valence-corrected chi connectivity index (χ1v) is 4.45. The van der Waals surface area contributed by atoms with Gasteiger partial charge in [-0.1, -0.05) is 17.7 Å². The molecule has 15 heavy (non-hydrogen) atoms. The van der Waals surface area contributed by atoms with Crippen molar-refractivity contribution in [2.75, 3.05) is 7.11 Å². The lowest BCUT2D eigenvalue weighted by molar-refractivity contribution is 0.411. The number of H-pyrrole nitrogens is 1. The smallest absolute Gasteiger partial charge is 0.366 e. The fraction of sp³-hybridized carbons (Fsp3) is 0.125. The fourth-order valence-corrected chi connectivity index (χ4v) is 1.46. The van der Waals surface area contributed by atoms with Gasteiger partial charge in [-0.3, -0.25) is 0 Å². The zero-order chi connectivity index (χ0) is 10.8. The van der Waals surface area contributed by atoms with Crippen LogP contribution in [-0.2, 0) is 0 Å². The SMILES string of the molecule is COc1cccc(Cl)c1-n1nn[nH]c1=O. The molecule has 7 heteroatoms. The standard InChI is InChI=1S/C8H7ClN4O2/c1-15-6-4-2-3-5(9)7(6)13-8(14)10-11-12-13/h2-4H,1H3,(H,10,12,14). The summed E-state index contributed by atoms with van der Waals surface area (Å²) in [5.41, 5.74) is -0.0955. The van der Waals surface area contributed by atoms with Crippen molar-refractivity contribution in [3.8, 4) is 11.4 Å². The van der Waals surface area contributed by atoms with Crippen LogP contribution in [0.5, 0.6) is 5.75 Å². The van der Waals surface area contributed by atoms with Gasteiger partial charge in [0.05, 0.1) is 12.1 Å². The predicted molar refractivity (Wildman–Crippen MR) is 53.5 cm³/mol. The van der Waals surface area contributed by atoms with Crippen molar-refractivity contribution < 1.29 is 4.74 Å². The molecule has 0 saturated carbocycles. The van der Waals surface area contributed by atoms with Crippen molar-refractivity contribution in [3.05, 3.63) is 33.7 Å². The minimum absolute atomic E-state index is 0.366. The van der Waals surface area contributed by atoms with Gasteiger partial charge in [0.25, 0.3) is 0 Å². The normalized spacial score (nSPS) is 10.3. The Kier molecular flexibility index (Phi) is 2.42. The summed E-state index contributed by atoms with van der Waals surface area (Å²) in [5.74, 6) is 0.457. The molecular weight excluding hydrogens is 220 g/mol. The van der Waals surface area contributed by atoms with Gasteiger partial charge >= 0.3 is 5.69 Å². The highest BCUT2D eigenvalue weighted by atomic mass is 35.5. The second kappa shape index (κ2) is 3.74. The number of hydrogen-bond acceptors (Lipinski definition) is 4. The number of ether oxygens (including phenoxy) is 1. The molecule has 2 rings (SSSR count). The van der Waals surface area contributed by atoms with E-state index in [4.69, 9.17) is 16.3 Å². The average Bonchev–Trinajstić information content (AvgIpc) is 2.64. The summed E-state index contributed by atoms with van der Waals surface area (Å²) in [6, 6.07) is 5.04. The number of para-hydroxylation sites is 1. The van der Waals surface area contributed by atoms with E-state index < -0.39 is 5.69 Å². The molecule has 0 aliphatic carbocycles. The van der Waals surface area contributed by atoms with E-state index in [-0.39, 0.29) is 0 Å². The van der Waals surface area contributed by atoms with Gasteiger partial charge in [0.2, 0.25) is 0 Å². The van der Waals surface area contributed by atoms with Gasteiger partial charge in [-0.15, -0.1) is 0 Å². The topological polar surface area (TPSA) is 72.8 Å². The van der Waals surface area contributed by atoms with Crippen LogP contribution >= 0.6 is 11.6 Å². The van der Waals surface area contributed by atoms with Crippen molar-refractivity contribution in [1.29, 1.82) is 0 Å². The number of nitrogens with zero attached hydrogens (tertiary/aromatic N) is 3. The maximum atomic E-state index is 11.3. The largest absolute Gasteiger partial charge is 0.494 e. The van der Waals surface area contributed by atoms with Crippen LogP contribution in [0.2, 0.25) is 5.02 Å². The molecule has 0 aliphatic rings. The summed E-state index contributed by atoms with van der Waals surface area (Å²) in [5, 5.41) is 9.51. The number of aromatic nitrogens is 4. The lowest BCUT2D eigenvalue weighted by Gasteiger charge is -2.07.